The monoisotopic (exact) mass is 415 g/mol. The van der Waals surface area contributed by atoms with Crippen molar-refractivity contribution in [2.24, 2.45) is 0 Å². The van der Waals surface area contributed by atoms with Gasteiger partial charge >= 0.3 is 5.97 Å². The summed E-state index contributed by atoms with van der Waals surface area (Å²) >= 11 is 3.55. The first-order valence-corrected chi connectivity index (χ1v) is 7.78. The highest BCUT2D eigenvalue weighted by Gasteiger charge is 2.10. The molecule has 0 fully saturated rings. The fraction of sp³-hybridized carbons (Fsp3) is 0.0714. The summed E-state index contributed by atoms with van der Waals surface area (Å²) in [7, 11) is 0. The van der Waals surface area contributed by atoms with Crippen LogP contribution in [0.2, 0.25) is 0 Å². The Bertz CT molecular complexity index is 688. The maximum Gasteiger partial charge on any atom is 0.307 e. The van der Waals surface area contributed by atoms with Crippen LogP contribution in [0.5, 0.6) is 0 Å². The van der Waals surface area contributed by atoms with Gasteiger partial charge < -0.3 is 5.11 Å². The number of benzene rings is 2. The van der Waals surface area contributed by atoms with Gasteiger partial charge in [0.15, 0.2) is 0 Å². The first-order chi connectivity index (χ1) is 9.95. The molecule has 0 aromatic heterocycles. The van der Waals surface area contributed by atoms with Crippen molar-refractivity contribution >= 4 is 46.0 Å². The molecule has 21 heavy (non-hydrogen) atoms. The SMILES string of the molecule is O=C(O)Cc1ccc(Sc2ccc([N+](=O)[O-])cc2I)cc1. The Morgan fingerprint density at radius 3 is 2.43 bits per heavy atom. The van der Waals surface area contributed by atoms with Gasteiger partial charge in [0.2, 0.25) is 0 Å². The minimum atomic E-state index is -0.861. The first kappa shape index (κ1) is 15.8. The third-order valence-corrected chi connectivity index (χ3v) is 4.98. The van der Waals surface area contributed by atoms with E-state index in [1.54, 1.807) is 18.2 Å². The molecule has 0 amide bonds. The zero-order valence-electron chi connectivity index (χ0n) is 10.7. The van der Waals surface area contributed by atoms with Crippen molar-refractivity contribution in [1.82, 2.24) is 0 Å². The Hall–Kier alpha value is -1.61. The Balaban J connectivity index is 2.14. The van der Waals surface area contributed by atoms with Crippen LogP contribution in [-0.4, -0.2) is 16.0 Å². The number of hydrogen-bond donors (Lipinski definition) is 1. The normalized spacial score (nSPS) is 10.3. The second kappa shape index (κ2) is 6.90. The third-order valence-electron chi connectivity index (χ3n) is 2.63. The molecule has 0 saturated heterocycles. The van der Waals surface area contributed by atoms with Crippen molar-refractivity contribution in [2.45, 2.75) is 16.2 Å². The van der Waals surface area contributed by atoms with Crippen LogP contribution in [0.15, 0.2) is 52.3 Å². The predicted octanol–water partition coefficient (Wildman–Crippen LogP) is 3.98. The molecule has 0 aliphatic heterocycles. The number of carbonyl (C=O) groups is 1. The van der Waals surface area contributed by atoms with Gasteiger partial charge in [-0.25, -0.2) is 0 Å². The number of rotatable bonds is 5. The number of non-ortho nitro benzene ring substituents is 1. The minimum Gasteiger partial charge on any atom is -0.481 e. The van der Waals surface area contributed by atoms with Gasteiger partial charge in [0.25, 0.3) is 5.69 Å². The molecule has 7 heteroatoms. The van der Waals surface area contributed by atoms with E-state index in [0.29, 0.717) is 0 Å². The van der Waals surface area contributed by atoms with E-state index in [0.717, 1.165) is 18.9 Å². The Kier molecular flexibility index (Phi) is 5.18. The summed E-state index contributed by atoms with van der Waals surface area (Å²) in [6, 6.07) is 12.0. The van der Waals surface area contributed by atoms with Crippen molar-refractivity contribution in [3.05, 3.63) is 61.7 Å². The molecule has 0 unspecified atom stereocenters. The van der Waals surface area contributed by atoms with E-state index in [9.17, 15) is 14.9 Å². The summed E-state index contributed by atoms with van der Waals surface area (Å²) in [6.45, 7) is 0. The van der Waals surface area contributed by atoms with Crippen LogP contribution in [0.3, 0.4) is 0 Å². The lowest BCUT2D eigenvalue weighted by Gasteiger charge is -2.05. The van der Waals surface area contributed by atoms with Gasteiger partial charge in [-0.05, 0) is 46.4 Å². The molecule has 2 aromatic carbocycles. The quantitative estimate of drug-likeness (QED) is 0.454. The highest BCUT2D eigenvalue weighted by atomic mass is 127. The van der Waals surface area contributed by atoms with E-state index in [2.05, 4.69) is 22.6 Å². The third kappa shape index (κ3) is 4.43. The van der Waals surface area contributed by atoms with Gasteiger partial charge in [0.1, 0.15) is 0 Å². The molecule has 0 radical (unpaired) electrons. The smallest absolute Gasteiger partial charge is 0.307 e. The summed E-state index contributed by atoms with van der Waals surface area (Å²) in [4.78, 5) is 22.8. The number of nitrogens with zero attached hydrogens (tertiary/aromatic N) is 1. The van der Waals surface area contributed by atoms with Crippen molar-refractivity contribution in [1.29, 1.82) is 0 Å². The lowest BCUT2D eigenvalue weighted by Crippen LogP contribution is -1.99. The van der Waals surface area contributed by atoms with Crippen LogP contribution in [0.4, 0.5) is 5.69 Å². The van der Waals surface area contributed by atoms with Crippen LogP contribution in [0, 0.1) is 13.7 Å². The number of carboxylic acids is 1. The molecule has 108 valence electrons. The van der Waals surface area contributed by atoms with E-state index in [1.807, 2.05) is 12.1 Å². The molecule has 0 atom stereocenters. The zero-order chi connectivity index (χ0) is 15.4. The number of aliphatic carboxylic acids is 1. The fourth-order valence-corrected chi connectivity index (χ4v) is 3.31. The van der Waals surface area contributed by atoms with Crippen LogP contribution in [0.25, 0.3) is 0 Å². The average Bonchev–Trinajstić information content (AvgIpc) is 2.42. The molecule has 0 spiro atoms. The van der Waals surface area contributed by atoms with Gasteiger partial charge in [-0.2, -0.15) is 0 Å². The summed E-state index contributed by atoms with van der Waals surface area (Å²) < 4.78 is 0.807. The Morgan fingerprint density at radius 1 is 1.24 bits per heavy atom. The molecular weight excluding hydrogens is 405 g/mol. The van der Waals surface area contributed by atoms with Crippen LogP contribution >= 0.6 is 34.4 Å². The topological polar surface area (TPSA) is 80.4 Å². The number of nitro groups is 1. The predicted molar refractivity (Wildman–Crippen MR) is 87.7 cm³/mol. The summed E-state index contributed by atoms with van der Waals surface area (Å²) in [5.41, 5.74) is 0.811. The van der Waals surface area contributed by atoms with Crippen LogP contribution in [0.1, 0.15) is 5.56 Å². The van der Waals surface area contributed by atoms with E-state index < -0.39 is 10.9 Å². The Morgan fingerprint density at radius 2 is 1.90 bits per heavy atom. The van der Waals surface area contributed by atoms with Gasteiger partial charge in [0.05, 0.1) is 11.3 Å². The van der Waals surface area contributed by atoms with Crippen LogP contribution < -0.4 is 0 Å². The van der Waals surface area contributed by atoms with Gasteiger partial charge in [-0.1, -0.05) is 23.9 Å². The summed E-state index contributed by atoms with van der Waals surface area (Å²) in [5.74, 6) is -0.861. The van der Waals surface area contributed by atoms with E-state index in [-0.39, 0.29) is 12.1 Å². The van der Waals surface area contributed by atoms with Gasteiger partial charge in [-0.15, -0.1) is 0 Å². The second-order valence-electron chi connectivity index (χ2n) is 4.19. The maximum absolute atomic E-state index is 10.7. The summed E-state index contributed by atoms with van der Waals surface area (Å²) in [6.07, 6.45) is 0.0000127. The molecule has 0 saturated carbocycles. The lowest BCUT2D eigenvalue weighted by molar-refractivity contribution is -0.385. The van der Waals surface area contributed by atoms with E-state index >= 15 is 0 Å². The molecule has 0 bridgehead atoms. The van der Waals surface area contributed by atoms with Gasteiger partial charge in [0, 0.05) is 25.5 Å². The average molecular weight is 415 g/mol. The molecule has 2 rings (SSSR count). The molecule has 0 aliphatic carbocycles. The fourth-order valence-electron chi connectivity index (χ4n) is 1.66. The van der Waals surface area contributed by atoms with Gasteiger partial charge in [-0.3, -0.25) is 14.9 Å². The lowest BCUT2D eigenvalue weighted by atomic mass is 10.2. The van der Waals surface area contributed by atoms with E-state index in [1.165, 1.54) is 23.9 Å². The largest absolute Gasteiger partial charge is 0.481 e. The molecule has 0 heterocycles. The molecule has 0 aliphatic rings. The molecule has 5 nitrogen and oxygen atoms in total. The molecule has 2 aromatic rings. The minimum absolute atomic E-state index is 0.0000127. The van der Waals surface area contributed by atoms with Crippen molar-refractivity contribution < 1.29 is 14.8 Å². The second-order valence-corrected chi connectivity index (χ2v) is 6.47. The van der Waals surface area contributed by atoms with Crippen molar-refractivity contribution in [3.63, 3.8) is 0 Å². The highest BCUT2D eigenvalue weighted by Crippen LogP contribution is 2.33. The molecular formula is C14H10INO4S. The molecule has 1 N–H and O–H groups in total. The highest BCUT2D eigenvalue weighted by molar-refractivity contribution is 14.1. The zero-order valence-corrected chi connectivity index (χ0v) is 13.6. The summed E-state index contributed by atoms with van der Waals surface area (Å²) in [5, 5.41) is 19.4. The number of nitro benzene ring substituents is 1. The first-order valence-electron chi connectivity index (χ1n) is 5.88. The van der Waals surface area contributed by atoms with E-state index in [4.69, 9.17) is 5.11 Å². The Labute approximate surface area is 138 Å². The number of halogens is 1. The van der Waals surface area contributed by atoms with Crippen LogP contribution in [-0.2, 0) is 11.2 Å². The van der Waals surface area contributed by atoms with Crippen molar-refractivity contribution in [3.8, 4) is 0 Å². The maximum atomic E-state index is 10.7. The number of carboxylic acid groups (broad SMARTS) is 1. The standard InChI is InChI=1S/C14H10INO4S/c15-12-8-10(16(19)20)3-6-13(12)21-11-4-1-9(2-5-11)7-14(17)18/h1-6,8H,7H2,(H,17,18). The van der Waals surface area contributed by atoms with Crippen molar-refractivity contribution in [2.75, 3.05) is 0 Å². The number of hydrogen-bond acceptors (Lipinski definition) is 4.